The largest absolute Gasteiger partial charge is 0.494 e. The number of aryl methyl sites for hydroxylation is 1. The van der Waals surface area contributed by atoms with Crippen molar-refractivity contribution in [3.05, 3.63) is 75.6 Å². The lowest BCUT2D eigenvalue weighted by atomic mass is 10.0. The van der Waals surface area contributed by atoms with Gasteiger partial charge < -0.3 is 9.84 Å². The molecule has 25 heavy (non-hydrogen) atoms. The zero-order valence-corrected chi connectivity index (χ0v) is 14.2. The molecule has 2 aromatic carbocycles. The van der Waals surface area contributed by atoms with E-state index in [1.807, 2.05) is 38.1 Å². The Bertz CT molecular complexity index is 1000. The van der Waals surface area contributed by atoms with E-state index >= 15 is 0 Å². The molecular formula is C20H19NO4. The predicted octanol–water partition coefficient (Wildman–Crippen LogP) is 3.83. The first kappa shape index (κ1) is 16.8. The highest BCUT2D eigenvalue weighted by molar-refractivity contribution is 5.88. The number of aromatic nitrogens is 1. The maximum atomic E-state index is 12.9. The Morgan fingerprint density at radius 3 is 2.64 bits per heavy atom. The van der Waals surface area contributed by atoms with E-state index in [0.717, 1.165) is 15.7 Å². The third kappa shape index (κ3) is 3.26. The van der Waals surface area contributed by atoms with Gasteiger partial charge in [0.15, 0.2) is 5.43 Å². The fourth-order valence-corrected chi connectivity index (χ4v) is 2.93. The van der Waals surface area contributed by atoms with E-state index in [1.54, 1.807) is 18.2 Å². The molecule has 5 nitrogen and oxygen atoms in total. The molecule has 1 aromatic heterocycles. The van der Waals surface area contributed by atoms with Crippen LogP contribution in [0, 0.1) is 6.92 Å². The zero-order valence-electron chi connectivity index (χ0n) is 14.2. The maximum Gasteiger partial charge on any atom is 0.416 e. The lowest BCUT2D eigenvalue weighted by molar-refractivity contribution is 0.197. The van der Waals surface area contributed by atoms with Gasteiger partial charge in [-0.1, -0.05) is 29.8 Å². The molecule has 0 fully saturated rings. The number of rotatable bonds is 4. The van der Waals surface area contributed by atoms with Crippen LogP contribution in [0.15, 0.2) is 53.5 Å². The van der Waals surface area contributed by atoms with Crippen LogP contribution in [0.5, 0.6) is 5.75 Å². The molecule has 3 aromatic rings. The molecule has 3 rings (SSSR count). The average molecular weight is 337 g/mol. The number of carboxylic acid groups (broad SMARTS) is 1. The van der Waals surface area contributed by atoms with Crippen LogP contribution < -0.4 is 10.2 Å². The van der Waals surface area contributed by atoms with Gasteiger partial charge in [-0.15, -0.1) is 0 Å². The highest BCUT2D eigenvalue weighted by Gasteiger charge is 2.14. The highest BCUT2D eigenvalue weighted by atomic mass is 16.5. The van der Waals surface area contributed by atoms with Crippen molar-refractivity contribution >= 4 is 17.0 Å². The van der Waals surface area contributed by atoms with Gasteiger partial charge in [-0.2, -0.15) is 0 Å². The minimum absolute atomic E-state index is 0.150. The van der Waals surface area contributed by atoms with Crippen LogP contribution in [0.2, 0.25) is 0 Å². The zero-order chi connectivity index (χ0) is 18.0. The van der Waals surface area contributed by atoms with Crippen LogP contribution in [0.1, 0.15) is 23.6 Å². The molecule has 0 aliphatic carbocycles. The minimum Gasteiger partial charge on any atom is -0.494 e. The molecule has 0 saturated carbocycles. The lowest BCUT2D eigenvalue weighted by Gasteiger charge is -2.12. The molecule has 0 aliphatic heterocycles. The third-order valence-electron chi connectivity index (χ3n) is 4.09. The van der Waals surface area contributed by atoms with E-state index in [1.165, 1.54) is 6.20 Å². The molecule has 0 saturated heterocycles. The number of hydrogen-bond acceptors (Lipinski definition) is 3. The van der Waals surface area contributed by atoms with Crippen molar-refractivity contribution < 1.29 is 14.6 Å². The maximum absolute atomic E-state index is 12.9. The summed E-state index contributed by atoms with van der Waals surface area (Å²) >= 11 is 0. The molecule has 1 heterocycles. The number of benzene rings is 2. The van der Waals surface area contributed by atoms with Crippen molar-refractivity contribution in [3.63, 3.8) is 0 Å². The van der Waals surface area contributed by atoms with Crippen molar-refractivity contribution in [2.45, 2.75) is 20.3 Å². The summed E-state index contributed by atoms with van der Waals surface area (Å²) in [7, 11) is 0. The summed E-state index contributed by atoms with van der Waals surface area (Å²) in [5.41, 5.74) is 2.43. The molecule has 0 bridgehead atoms. The van der Waals surface area contributed by atoms with Crippen molar-refractivity contribution in [1.29, 1.82) is 0 Å². The predicted molar refractivity (Wildman–Crippen MR) is 96.8 cm³/mol. The van der Waals surface area contributed by atoms with Crippen LogP contribution in [0.4, 0.5) is 4.79 Å². The van der Waals surface area contributed by atoms with Gasteiger partial charge in [-0.05, 0) is 37.6 Å². The Balaban J connectivity index is 2.19. The number of hydrogen-bond donors (Lipinski definition) is 1. The summed E-state index contributed by atoms with van der Waals surface area (Å²) in [6, 6.07) is 12.7. The second kappa shape index (κ2) is 6.81. The van der Waals surface area contributed by atoms with Gasteiger partial charge in [-0.3, -0.25) is 9.36 Å². The summed E-state index contributed by atoms with van der Waals surface area (Å²) < 4.78 is 6.71. The van der Waals surface area contributed by atoms with E-state index in [2.05, 4.69) is 0 Å². The van der Waals surface area contributed by atoms with Gasteiger partial charge in [0, 0.05) is 23.6 Å². The van der Waals surface area contributed by atoms with Gasteiger partial charge in [0.25, 0.3) is 0 Å². The van der Waals surface area contributed by atoms with Crippen molar-refractivity contribution in [3.8, 4) is 5.75 Å². The van der Waals surface area contributed by atoms with E-state index in [0.29, 0.717) is 35.2 Å². The number of carbonyl (C=O) groups is 1. The van der Waals surface area contributed by atoms with E-state index < -0.39 is 6.09 Å². The van der Waals surface area contributed by atoms with Crippen LogP contribution in [-0.2, 0) is 6.42 Å². The lowest BCUT2D eigenvalue weighted by Crippen LogP contribution is -2.19. The smallest absolute Gasteiger partial charge is 0.416 e. The fraction of sp³-hybridized carbons (Fsp3) is 0.200. The molecule has 0 unspecified atom stereocenters. The number of nitrogens with zero attached hydrogens (tertiary/aromatic N) is 1. The molecule has 0 aliphatic rings. The van der Waals surface area contributed by atoms with Gasteiger partial charge in [-0.25, -0.2) is 4.79 Å². The van der Waals surface area contributed by atoms with Gasteiger partial charge in [0.1, 0.15) is 5.75 Å². The highest BCUT2D eigenvalue weighted by Crippen LogP contribution is 2.22. The molecule has 128 valence electrons. The third-order valence-corrected chi connectivity index (χ3v) is 4.09. The number of fused-ring (bicyclic) bond motifs is 1. The SMILES string of the molecule is CCOc1ccccc1Cc1cn(C(=O)O)c2ccc(C)cc2c1=O. The summed E-state index contributed by atoms with van der Waals surface area (Å²) in [5.74, 6) is 0.704. The first-order valence-corrected chi connectivity index (χ1v) is 8.10. The summed E-state index contributed by atoms with van der Waals surface area (Å²) in [4.78, 5) is 24.5. The quantitative estimate of drug-likeness (QED) is 0.786. The normalized spacial score (nSPS) is 10.8. The van der Waals surface area contributed by atoms with E-state index in [4.69, 9.17) is 4.74 Å². The molecule has 0 amide bonds. The van der Waals surface area contributed by atoms with E-state index in [-0.39, 0.29) is 5.43 Å². The number of para-hydroxylation sites is 1. The van der Waals surface area contributed by atoms with Gasteiger partial charge in [0.05, 0.1) is 12.1 Å². The molecular weight excluding hydrogens is 318 g/mol. The van der Waals surface area contributed by atoms with Gasteiger partial charge >= 0.3 is 6.09 Å². The topological polar surface area (TPSA) is 68.5 Å². The molecule has 0 atom stereocenters. The van der Waals surface area contributed by atoms with Crippen molar-refractivity contribution in [2.24, 2.45) is 0 Å². The van der Waals surface area contributed by atoms with Crippen LogP contribution in [0.25, 0.3) is 10.9 Å². The Morgan fingerprint density at radius 2 is 1.92 bits per heavy atom. The molecule has 5 heteroatoms. The number of ether oxygens (including phenoxy) is 1. The monoisotopic (exact) mass is 337 g/mol. The molecule has 1 N–H and O–H groups in total. The summed E-state index contributed by atoms with van der Waals surface area (Å²) in [6.07, 6.45) is 0.602. The first-order chi connectivity index (χ1) is 12.0. The average Bonchev–Trinajstić information content (AvgIpc) is 2.59. The summed E-state index contributed by atoms with van der Waals surface area (Å²) in [5, 5.41) is 9.92. The number of pyridine rings is 1. The Kier molecular flexibility index (Phi) is 4.57. The Labute approximate surface area is 145 Å². The van der Waals surface area contributed by atoms with Crippen molar-refractivity contribution in [1.82, 2.24) is 4.57 Å². The minimum atomic E-state index is -1.12. The summed E-state index contributed by atoms with van der Waals surface area (Å²) in [6.45, 7) is 4.29. The standard InChI is InChI=1S/C20H19NO4/c1-3-25-18-7-5-4-6-14(18)11-15-12-21(20(23)24)17-9-8-13(2)10-16(17)19(15)22/h4-10,12H,3,11H2,1-2H3,(H,23,24). The Morgan fingerprint density at radius 1 is 1.16 bits per heavy atom. The molecule has 0 spiro atoms. The van der Waals surface area contributed by atoms with Crippen LogP contribution in [-0.4, -0.2) is 22.4 Å². The second-order valence-electron chi connectivity index (χ2n) is 5.87. The van der Waals surface area contributed by atoms with Crippen LogP contribution in [0.3, 0.4) is 0 Å². The Hall–Kier alpha value is -3.08. The molecule has 0 radical (unpaired) electrons. The second-order valence-corrected chi connectivity index (χ2v) is 5.87. The van der Waals surface area contributed by atoms with E-state index in [9.17, 15) is 14.7 Å². The van der Waals surface area contributed by atoms with Gasteiger partial charge in [0.2, 0.25) is 0 Å². The van der Waals surface area contributed by atoms with Crippen molar-refractivity contribution in [2.75, 3.05) is 6.61 Å². The fourth-order valence-electron chi connectivity index (χ4n) is 2.93. The van der Waals surface area contributed by atoms with Crippen LogP contribution >= 0.6 is 0 Å². The first-order valence-electron chi connectivity index (χ1n) is 8.10.